The van der Waals surface area contributed by atoms with Crippen molar-refractivity contribution < 1.29 is 31.9 Å². The summed E-state index contributed by atoms with van der Waals surface area (Å²) >= 11 is 0. The molecule has 0 aromatic heterocycles. The van der Waals surface area contributed by atoms with Gasteiger partial charge < -0.3 is 4.74 Å². The largest absolute Gasteiger partial charge is 0.481 e. The molecule has 1 fully saturated rings. The molecule has 2 aromatic carbocycles. The number of hydrogen-bond donors (Lipinski definition) is 2. The second-order valence-electron chi connectivity index (χ2n) is 6.76. The molecule has 0 radical (unpaired) electrons. The van der Waals surface area contributed by atoms with E-state index in [4.69, 9.17) is 4.74 Å². The van der Waals surface area contributed by atoms with Crippen LogP contribution in [0, 0.1) is 11.7 Å². The normalized spacial score (nSPS) is 19.2. The number of benzene rings is 2. The first-order chi connectivity index (χ1) is 13.6. The van der Waals surface area contributed by atoms with Crippen LogP contribution in [0.2, 0.25) is 0 Å². The molecule has 29 heavy (non-hydrogen) atoms. The van der Waals surface area contributed by atoms with Crippen LogP contribution in [0.5, 0.6) is 5.75 Å². The SMILES string of the molecule is CC(Oc1ccc(F)cc1)C(=O)NNC(=O)C1CC1c1ccc(C(F)(F)F)cc1. The first-order valence-electron chi connectivity index (χ1n) is 8.84. The molecule has 3 rings (SSSR count). The third-order valence-electron chi connectivity index (χ3n) is 4.60. The van der Waals surface area contributed by atoms with E-state index < -0.39 is 41.4 Å². The molecule has 0 bridgehead atoms. The third kappa shape index (κ3) is 5.24. The van der Waals surface area contributed by atoms with Gasteiger partial charge in [0.05, 0.1) is 5.56 Å². The summed E-state index contributed by atoms with van der Waals surface area (Å²) in [5.41, 5.74) is 4.44. The quantitative estimate of drug-likeness (QED) is 0.585. The van der Waals surface area contributed by atoms with E-state index in [1.165, 1.54) is 43.3 Å². The van der Waals surface area contributed by atoms with Crippen LogP contribution in [-0.4, -0.2) is 17.9 Å². The fourth-order valence-electron chi connectivity index (χ4n) is 2.86. The van der Waals surface area contributed by atoms with E-state index >= 15 is 0 Å². The Kier molecular flexibility index (Phi) is 5.76. The van der Waals surface area contributed by atoms with Gasteiger partial charge in [-0.2, -0.15) is 13.2 Å². The highest BCUT2D eigenvalue weighted by Gasteiger charge is 2.44. The zero-order valence-corrected chi connectivity index (χ0v) is 15.3. The number of carbonyl (C=O) groups excluding carboxylic acids is 2. The van der Waals surface area contributed by atoms with Gasteiger partial charge in [-0.3, -0.25) is 20.4 Å². The Morgan fingerprint density at radius 1 is 1.03 bits per heavy atom. The summed E-state index contributed by atoms with van der Waals surface area (Å²) in [6.45, 7) is 1.47. The molecular formula is C20H18F4N2O3. The number of rotatable bonds is 5. The van der Waals surface area contributed by atoms with Crippen molar-refractivity contribution in [1.29, 1.82) is 0 Å². The Balaban J connectivity index is 1.46. The van der Waals surface area contributed by atoms with Gasteiger partial charge in [0.1, 0.15) is 11.6 Å². The molecule has 0 aliphatic heterocycles. The molecule has 0 saturated heterocycles. The molecule has 2 aromatic rings. The lowest BCUT2D eigenvalue weighted by molar-refractivity contribution is -0.137. The second kappa shape index (κ2) is 8.10. The molecule has 2 N–H and O–H groups in total. The van der Waals surface area contributed by atoms with Crippen LogP contribution in [-0.2, 0) is 15.8 Å². The average Bonchev–Trinajstić information content (AvgIpc) is 3.48. The van der Waals surface area contributed by atoms with Crippen molar-refractivity contribution in [2.75, 3.05) is 0 Å². The van der Waals surface area contributed by atoms with Crippen molar-refractivity contribution in [3.63, 3.8) is 0 Å². The van der Waals surface area contributed by atoms with Gasteiger partial charge in [-0.1, -0.05) is 12.1 Å². The molecule has 154 valence electrons. The molecule has 0 heterocycles. The lowest BCUT2D eigenvalue weighted by Crippen LogP contribution is -2.47. The van der Waals surface area contributed by atoms with E-state index in [-0.39, 0.29) is 5.92 Å². The number of nitrogens with one attached hydrogen (secondary N) is 2. The van der Waals surface area contributed by atoms with Gasteiger partial charge in [-0.05, 0) is 61.2 Å². The van der Waals surface area contributed by atoms with E-state index in [0.29, 0.717) is 17.7 Å². The Hall–Kier alpha value is -3.10. The third-order valence-corrected chi connectivity index (χ3v) is 4.60. The predicted molar refractivity (Wildman–Crippen MR) is 95.1 cm³/mol. The van der Waals surface area contributed by atoms with Crippen LogP contribution >= 0.6 is 0 Å². The van der Waals surface area contributed by atoms with Crippen molar-refractivity contribution in [3.05, 3.63) is 65.5 Å². The minimum atomic E-state index is -4.41. The van der Waals surface area contributed by atoms with Crippen LogP contribution in [0.4, 0.5) is 17.6 Å². The van der Waals surface area contributed by atoms with Gasteiger partial charge in [-0.15, -0.1) is 0 Å². The zero-order chi connectivity index (χ0) is 21.2. The van der Waals surface area contributed by atoms with E-state index in [9.17, 15) is 27.2 Å². The highest BCUT2D eigenvalue weighted by molar-refractivity contribution is 5.87. The van der Waals surface area contributed by atoms with Gasteiger partial charge >= 0.3 is 6.18 Å². The van der Waals surface area contributed by atoms with Crippen LogP contribution < -0.4 is 15.6 Å². The fraction of sp³-hybridized carbons (Fsp3) is 0.300. The molecule has 3 atom stereocenters. The van der Waals surface area contributed by atoms with Crippen molar-refractivity contribution in [2.45, 2.75) is 31.5 Å². The molecule has 2 amide bonds. The molecular weight excluding hydrogens is 392 g/mol. The summed E-state index contributed by atoms with van der Waals surface area (Å²) in [5, 5.41) is 0. The summed E-state index contributed by atoms with van der Waals surface area (Å²) in [6, 6.07) is 9.81. The summed E-state index contributed by atoms with van der Waals surface area (Å²) < 4.78 is 56.0. The van der Waals surface area contributed by atoms with Gasteiger partial charge in [-0.25, -0.2) is 4.39 Å². The summed E-state index contributed by atoms with van der Waals surface area (Å²) in [4.78, 5) is 24.2. The highest BCUT2D eigenvalue weighted by Crippen LogP contribution is 2.47. The van der Waals surface area contributed by atoms with Crippen molar-refractivity contribution in [3.8, 4) is 5.75 Å². The van der Waals surface area contributed by atoms with Gasteiger partial charge in [0.2, 0.25) is 5.91 Å². The summed E-state index contributed by atoms with van der Waals surface area (Å²) in [6.07, 6.45) is -4.87. The maximum absolute atomic E-state index is 12.9. The number of alkyl halides is 3. The minimum Gasteiger partial charge on any atom is -0.481 e. The van der Waals surface area contributed by atoms with Gasteiger partial charge in [0, 0.05) is 5.92 Å². The Labute approximate surface area is 164 Å². The standard InChI is InChI=1S/C20H18F4N2O3/c1-11(29-15-8-6-14(21)7-9-15)18(27)25-26-19(28)17-10-16(17)12-2-4-13(5-3-12)20(22,23)24/h2-9,11,16-17H,10H2,1H3,(H,25,27)(H,26,28). The smallest absolute Gasteiger partial charge is 0.416 e. The van der Waals surface area contributed by atoms with E-state index in [1.807, 2.05) is 0 Å². The topological polar surface area (TPSA) is 67.4 Å². The number of hydrazine groups is 1. The van der Waals surface area contributed by atoms with Gasteiger partial charge in [0.25, 0.3) is 5.91 Å². The fourth-order valence-corrected chi connectivity index (χ4v) is 2.86. The maximum Gasteiger partial charge on any atom is 0.416 e. The zero-order valence-electron chi connectivity index (χ0n) is 15.3. The monoisotopic (exact) mass is 410 g/mol. The Morgan fingerprint density at radius 2 is 1.66 bits per heavy atom. The molecule has 1 aliphatic rings. The lowest BCUT2D eigenvalue weighted by atomic mass is 10.1. The second-order valence-corrected chi connectivity index (χ2v) is 6.76. The average molecular weight is 410 g/mol. The number of amides is 2. The Morgan fingerprint density at radius 3 is 2.24 bits per heavy atom. The number of hydrogen-bond acceptors (Lipinski definition) is 3. The molecule has 1 saturated carbocycles. The van der Waals surface area contributed by atoms with Crippen molar-refractivity contribution in [2.24, 2.45) is 5.92 Å². The highest BCUT2D eigenvalue weighted by atomic mass is 19.4. The predicted octanol–water partition coefficient (Wildman–Crippen LogP) is 3.56. The molecule has 0 spiro atoms. The molecule has 3 unspecified atom stereocenters. The molecule has 9 heteroatoms. The summed E-state index contributed by atoms with van der Waals surface area (Å²) in [5.74, 6) is -1.80. The number of halogens is 4. The summed E-state index contributed by atoms with van der Waals surface area (Å²) in [7, 11) is 0. The maximum atomic E-state index is 12.9. The van der Waals surface area contributed by atoms with Gasteiger partial charge in [0.15, 0.2) is 6.10 Å². The van der Waals surface area contributed by atoms with Crippen molar-refractivity contribution in [1.82, 2.24) is 10.9 Å². The lowest BCUT2D eigenvalue weighted by Gasteiger charge is -2.15. The van der Waals surface area contributed by atoms with Crippen LogP contribution in [0.1, 0.15) is 30.4 Å². The van der Waals surface area contributed by atoms with E-state index in [2.05, 4.69) is 10.9 Å². The van der Waals surface area contributed by atoms with Crippen LogP contribution in [0.25, 0.3) is 0 Å². The van der Waals surface area contributed by atoms with Crippen LogP contribution in [0.3, 0.4) is 0 Å². The first-order valence-corrected chi connectivity index (χ1v) is 8.84. The molecule has 5 nitrogen and oxygen atoms in total. The number of carbonyl (C=O) groups is 2. The van der Waals surface area contributed by atoms with Crippen molar-refractivity contribution >= 4 is 11.8 Å². The van der Waals surface area contributed by atoms with E-state index in [1.54, 1.807) is 0 Å². The van der Waals surface area contributed by atoms with Crippen LogP contribution in [0.15, 0.2) is 48.5 Å². The first kappa shape index (κ1) is 20.6. The number of ether oxygens (including phenoxy) is 1. The van der Waals surface area contributed by atoms with E-state index in [0.717, 1.165) is 12.1 Å². The molecule has 1 aliphatic carbocycles. The Bertz CT molecular complexity index is 882. The minimum absolute atomic E-state index is 0.193.